The molecule has 5 heteroatoms. The molecule has 88 valence electrons. The molecule has 16 heavy (non-hydrogen) atoms. The van der Waals surface area contributed by atoms with Gasteiger partial charge in [-0.2, -0.15) is 0 Å². The number of rotatable bonds is 1. The Labute approximate surface area is 103 Å². The molecule has 3 nitrogen and oxygen atoms in total. The highest BCUT2D eigenvalue weighted by atomic mass is 79.9. The largest absolute Gasteiger partial charge is 0.443 e. The first-order valence-electron chi connectivity index (χ1n) is 4.74. The van der Waals surface area contributed by atoms with Crippen LogP contribution in [-0.4, -0.2) is 11.7 Å². The van der Waals surface area contributed by atoms with Crippen LogP contribution in [-0.2, 0) is 4.74 Å². The fraction of sp³-hybridized carbons (Fsp3) is 0.364. The van der Waals surface area contributed by atoms with E-state index in [1.807, 2.05) is 0 Å². The molecule has 0 aliphatic carbocycles. The molecule has 0 saturated carbocycles. The van der Waals surface area contributed by atoms with Gasteiger partial charge in [-0.25, -0.2) is 13.1 Å². The summed E-state index contributed by atoms with van der Waals surface area (Å²) in [5.41, 5.74) is -0.203. The third-order valence-electron chi connectivity index (χ3n) is 1.59. The second-order valence-corrected chi connectivity index (χ2v) is 4.95. The maximum atomic E-state index is 12.9. The van der Waals surface area contributed by atoms with Crippen LogP contribution in [0.2, 0.25) is 0 Å². The van der Waals surface area contributed by atoms with Crippen molar-refractivity contribution in [2.24, 2.45) is 0 Å². The van der Waals surface area contributed by atoms with Crippen LogP contribution in [0.1, 0.15) is 20.8 Å². The molecular formula is C11H13BrFNO2. The number of benzene rings is 1. The highest BCUT2D eigenvalue weighted by Crippen LogP contribution is 2.22. The number of hydrogen-bond acceptors (Lipinski definition) is 2. The van der Waals surface area contributed by atoms with Crippen LogP contribution in [0.3, 0.4) is 0 Å². The minimum atomic E-state index is -0.587. The van der Waals surface area contributed by atoms with E-state index < -0.39 is 17.5 Å². The van der Waals surface area contributed by atoms with Gasteiger partial charge in [0.2, 0.25) is 0 Å². The number of amides is 1. The second kappa shape index (κ2) is 4.82. The predicted molar refractivity (Wildman–Crippen MR) is 64.0 cm³/mol. The fourth-order valence-electron chi connectivity index (χ4n) is 1.01. The van der Waals surface area contributed by atoms with Gasteiger partial charge in [-0.3, -0.25) is 0 Å². The molecule has 0 radical (unpaired) electrons. The summed E-state index contributed by atoms with van der Waals surface area (Å²) in [5, 5.41) is 0. The molecule has 0 spiro atoms. The predicted octanol–water partition coefficient (Wildman–Crippen LogP) is 3.88. The molecular weight excluding hydrogens is 277 g/mol. The van der Waals surface area contributed by atoms with E-state index in [9.17, 15) is 9.18 Å². The number of carbonyl (C=O) groups excluding carboxylic acids is 1. The maximum Gasteiger partial charge on any atom is 0.425 e. The van der Waals surface area contributed by atoms with Crippen LogP contribution in [0.25, 0.3) is 0 Å². The molecule has 0 atom stereocenters. The molecule has 0 saturated heterocycles. The molecule has 1 amide bonds. The first-order valence-corrected chi connectivity index (χ1v) is 5.45. The number of halogens is 2. The van der Waals surface area contributed by atoms with E-state index in [1.54, 1.807) is 26.8 Å². The van der Waals surface area contributed by atoms with Crippen molar-refractivity contribution in [1.29, 1.82) is 0 Å². The second-order valence-electron chi connectivity index (χ2n) is 4.24. The average Bonchev–Trinajstić information content (AvgIpc) is 2.14. The fourth-order valence-corrected chi connectivity index (χ4v) is 1.30. The van der Waals surface area contributed by atoms with Crippen molar-refractivity contribution in [3.05, 3.63) is 30.1 Å². The summed E-state index contributed by atoms with van der Waals surface area (Å²) >= 11 is 3.03. The van der Waals surface area contributed by atoms with Crippen LogP contribution in [0, 0.1) is 5.82 Å². The summed E-state index contributed by atoms with van der Waals surface area (Å²) in [7, 11) is 0. The molecule has 1 aromatic carbocycles. The average molecular weight is 290 g/mol. The highest BCUT2D eigenvalue weighted by Gasteiger charge is 2.21. The summed E-state index contributed by atoms with van der Waals surface area (Å²) in [6, 6.07) is 5.66. The van der Waals surface area contributed by atoms with Gasteiger partial charge >= 0.3 is 6.09 Å². The Bertz CT molecular complexity index is 390. The first-order chi connectivity index (χ1) is 7.29. The van der Waals surface area contributed by atoms with Crippen molar-refractivity contribution in [3.63, 3.8) is 0 Å². The van der Waals surface area contributed by atoms with Crippen LogP contribution < -0.4 is 3.93 Å². The third-order valence-corrected chi connectivity index (χ3v) is 2.29. The van der Waals surface area contributed by atoms with Crippen LogP contribution in [0.5, 0.6) is 0 Å². The normalized spacial score (nSPS) is 11.1. The lowest BCUT2D eigenvalue weighted by Gasteiger charge is -2.23. The van der Waals surface area contributed by atoms with E-state index in [4.69, 9.17) is 4.74 Å². The molecule has 0 N–H and O–H groups in total. The Hall–Kier alpha value is -1.10. The monoisotopic (exact) mass is 289 g/mol. The van der Waals surface area contributed by atoms with Gasteiger partial charge < -0.3 is 4.74 Å². The molecule has 1 aromatic rings. The van der Waals surface area contributed by atoms with Crippen LogP contribution in [0.4, 0.5) is 14.9 Å². The van der Waals surface area contributed by atoms with Crippen molar-refractivity contribution in [3.8, 4) is 0 Å². The lowest BCUT2D eigenvalue weighted by molar-refractivity contribution is 0.0614. The van der Waals surface area contributed by atoms with Gasteiger partial charge in [0, 0.05) is 0 Å². The van der Waals surface area contributed by atoms with E-state index in [-0.39, 0.29) is 0 Å². The van der Waals surface area contributed by atoms with Gasteiger partial charge in [0.1, 0.15) is 11.4 Å². The quantitative estimate of drug-likeness (QED) is 0.735. The van der Waals surface area contributed by atoms with Gasteiger partial charge in [-0.1, -0.05) is 6.07 Å². The minimum Gasteiger partial charge on any atom is -0.443 e. The first kappa shape index (κ1) is 13.0. The zero-order valence-corrected chi connectivity index (χ0v) is 10.9. The molecule has 0 heterocycles. The molecule has 0 aliphatic heterocycles. The van der Waals surface area contributed by atoms with Crippen molar-refractivity contribution >= 4 is 27.9 Å². The van der Waals surface area contributed by atoms with E-state index in [0.717, 1.165) is 3.93 Å². The van der Waals surface area contributed by atoms with E-state index >= 15 is 0 Å². The van der Waals surface area contributed by atoms with Crippen LogP contribution >= 0.6 is 16.1 Å². The standard InChI is InChI=1S/C11H13BrFNO2/c1-11(2,3)16-10(15)14(12)9-6-4-5-8(13)7-9/h4-7H,1-3H3. The number of hydrogen-bond donors (Lipinski definition) is 0. The SMILES string of the molecule is CC(C)(C)OC(=O)N(Br)c1cccc(F)c1. The lowest BCUT2D eigenvalue weighted by atomic mass is 10.2. The molecule has 0 aliphatic rings. The summed E-state index contributed by atoms with van der Waals surface area (Å²) in [6.45, 7) is 5.28. The minimum absolute atomic E-state index is 0.384. The molecule has 0 fully saturated rings. The molecule has 0 bridgehead atoms. The highest BCUT2D eigenvalue weighted by molar-refractivity contribution is 9.10. The van der Waals surface area contributed by atoms with E-state index in [2.05, 4.69) is 16.1 Å². The number of anilines is 1. The van der Waals surface area contributed by atoms with E-state index in [1.165, 1.54) is 18.2 Å². The van der Waals surface area contributed by atoms with E-state index in [0.29, 0.717) is 5.69 Å². The summed E-state index contributed by atoms with van der Waals surface area (Å²) in [4.78, 5) is 11.6. The summed E-state index contributed by atoms with van der Waals surface area (Å²) < 4.78 is 19.1. The topological polar surface area (TPSA) is 29.5 Å². The number of nitrogens with zero attached hydrogens (tertiary/aromatic N) is 1. The van der Waals surface area contributed by atoms with Gasteiger partial charge in [-0.05, 0) is 39.0 Å². The van der Waals surface area contributed by atoms with Crippen molar-refractivity contribution in [2.75, 3.05) is 3.93 Å². The summed E-state index contributed by atoms with van der Waals surface area (Å²) in [5.74, 6) is -0.412. The molecule has 1 rings (SSSR count). The Morgan fingerprint density at radius 1 is 1.44 bits per heavy atom. The smallest absolute Gasteiger partial charge is 0.425 e. The number of carbonyl (C=O) groups is 1. The maximum absolute atomic E-state index is 12.9. The molecule has 0 unspecified atom stereocenters. The Balaban J connectivity index is 2.78. The summed E-state index contributed by atoms with van der Waals surface area (Å²) in [6.07, 6.45) is -0.585. The van der Waals surface area contributed by atoms with Gasteiger partial charge in [0.15, 0.2) is 0 Å². The van der Waals surface area contributed by atoms with Crippen molar-refractivity contribution in [1.82, 2.24) is 0 Å². The van der Waals surface area contributed by atoms with Crippen LogP contribution in [0.15, 0.2) is 24.3 Å². The zero-order valence-electron chi connectivity index (χ0n) is 9.33. The Morgan fingerprint density at radius 3 is 2.56 bits per heavy atom. The van der Waals surface area contributed by atoms with Gasteiger partial charge in [0.05, 0.1) is 21.8 Å². The third kappa shape index (κ3) is 3.81. The Kier molecular flexibility index (Phi) is 3.91. The van der Waals surface area contributed by atoms with Gasteiger partial charge in [0.25, 0.3) is 0 Å². The molecule has 0 aromatic heterocycles. The Morgan fingerprint density at radius 2 is 2.06 bits per heavy atom. The van der Waals surface area contributed by atoms with Crippen molar-refractivity contribution in [2.45, 2.75) is 26.4 Å². The number of ether oxygens (including phenoxy) is 1. The zero-order chi connectivity index (χ0) is 12.3. The van der Waals surface area contributed by atoms with Crippen molar-refractivity contribution < 1.29 is 13.9 Å². The van der Waals surface area contributed by atoms with Gasteiger partial charge in [-0.15, -0.1) is 0 Å². The lowest BCUT2D eigenvalue weighted by Crippen LogP contribution is -2.30.